The van der Waals surface area contributed by atoms with Crippen molar-refractivity contribution in [3.63, 3.8) is 0 Å². The van der Waals surface area contributed by atoms with Crippen molar-refractivity contribution in [2.24, 2.45) is 0 Å². The molecule has 0 bridgehead atoms. The van der Waals surface area contributed by atoms with Crippen molar-refractivity contribution in [2.75, 3.05) is 13.7 Å². The van der Waals surface area contributed by atoms with E-state index in [0.717, 1.165) is 27.8 Å². The number of carbonyl (C=O) groups is 2. The van der Waals surface area contributed by atoms with Crippen LogP contribution in [0.25, 0.3) is 16.7 Å². The molecule has 37 heavy (non-hydrogen) atoms. The zero-order valence-corrected chi connectivity index (χ0v) is 21.7. The van der Waals surface area contributed by atoms with Gasteiger partial charge in [-0.15, -0.1) is 0 Å². The van der Waals surface area contributed by atoms with E-state index in [9.17, 15) is 14.7 Å². The zero-order valence-electron chi connectivity index (χ0n) is 20.2. The minimum atomic E-state index is -0.870. The van der Waals surface area contributed by atoms with Crippen molar-refractivity contribution in [1.29, 1.82) is 0 Å². The van der Waals surface area contributed by atoms with Crippen LogP contribution in [0.1, 0.15) is 28.3 Å². The van der Waals surface area contributed by atoms with Crippen molar-refractivity contribution in [2.45, 2.75) is 19.4 Å². The minimum Gasteiger partial charge on any atom is -0.507 e. The van der Waals surface area contributed by atoms with E-state index in [1.54, 1.807) is 37.4 Å². The van der Waals surface area contributed by atoms with Crippen LogP contribution in [0.4, 0.5) is 0 Å². The highest BCUT2D eigenvalue weighted by Crippen LogP contribution is 2.42. The summed E-state index contributed by atoms with van der Waals surface area (Å²) in [4.78, 5) is 31.3. The average molecular weight is 535 g/mol. The van der Waals surface area contributed by atoms with Crippen LogP contribution in [0.5, 0.6) is 5.75 Å². The summed E-state index contributed by atoms with van der Waals surface area (Å²) in [6, 6.07) is 16.9. The van der Waals surface area contributed by atoms with E-state index in [1.165, 1.54) is 4.90 Å². The van der Waals surface area contributed by atoms with Crippen LogP contribution in [0.15, 0.2) is 72.4 Å². The van der Waals surface area contributed by atoms with E-state index < -0.39 is 17.7 Å². The maximum atomic E-state index is 13.3. The predicted octanol–water partition coefficient (Wildman–Crippen LogP) is 6.46. The van der Waals surface area contributed by atoms with Gasteiger partial charge in [-0.05, 0) is 54.8 Å². The molecule has 8 heteroatoms. The van der Waals surface area contributed by atoms with Gasteiger partial charge >= 0.3 is 0 Å². The van der Waals surface area contributed by atoms with E-state index in [1.807, 2.05) is 43.5 Å². The Bertz CT molecular complexity index is 1560. The van der Waals surface area contributed by atoms with Gasteiger partial charge in [-0.1, -0.05) is 59.1 Å². The number of carbonyl (C=O) groups excluding carboxylic acids is 2. The highest BCUT2D eigenvalue weighted by atomic mass is 35.5. The fourth-order valence-electron chi connectivity index (χ4n) is 4.76. The van der Waals surface area contributed by atoms with Gasteiger partial charge in [0.25, 0.3) is 11.7 Å². The number of benzene rings is 3. The second kappa shape index (κ2) is 9.96. The first-order chi connectivity index (χ1) is 17.8. The molecule has 2 N–H and O–H groups in total. The molecule has 1 amide bonds. The molecule has 0 spiro atoms. The molecule has 1 aliphatic rings. The lowest BCUT2D eigenvalue weighted by molar-refractivity contribution is -0.139. The molecule has 6 nitrogen and oxygen atoms in total. The van der Waals surface area contributed by atoms with Crippen LogP contribution in [0, 0.1) is 6.92 Å². The highest BCUT2D eigenvalue weighted by Gasteiger charge is 2.46. The number of ketones is 1. The maximum absolute atomic E-state index is 13.3. The molecule has 0 aliphatic carbocycles. The first-order valence-electron chi connectivity index (χ1n) is 11.7. The fourth-order valence-corrected chi connectivity index (χ4v) is 5.27. The molecule has 3 aromatic carbocycles. The summed E-state index contributed by atoms with van der Waals surface area (Å²) >= 11 is 12.7. The SMILES string of the molecule is COc1ccc2[nH]cc(CCN3C(=O)C(=O)/C(=C(\O)c4ccc(C)cc4)C3c3ccc(Cl)cc3Cl)c2c1. The Kier molecular flexibility index (Phi) is 6.71. The Hall–Kier alpha value is -3.74. The number of nitrogens with zero attached hydrogens (tertiary/aromatic N) is 1. The largest absolute Gasteiger partial charge is 0.507 e. The molecule has 1 aliphatic heterocycles. The number of ether oxygens (including phenoxy) is 1. The number of aliphatic hydroxyl groups is 1. The van der Waals surface area contributed by atoms with Gasteiger partial charge in [-0.3, -0.25) is 9.59 Å². The van der Waals surface area contributed by atoms with E-state index in [-0.39, 0.29) is 17.9 Å². The van der Waals surface area contributed by atoms with Crippen molar-refractivity contribution >= 4 is 51.6 Å². The number of likely N-dealkylation sites (tertiary alicyclic amines) is 1. The Balaban J connectivity index is 1.58. The summed E-state index contributed by atoms with van der Waals surface area (Å²) in [6.45, 7) is 2.15. The summed E-state index contributed by atoms with van der Waals surface area (Å²) in [5.41, 5.74) is 3.87. The number of hydrogen-bond acceptors (Lipinski definition) is 4. The molecule has 1 fully saturated rings. The Morgan fingerprint density at radius 3 is 2.51 bits per heavy atom. The molecule has 0 radical (unpaired) electrons. The number of H-pyrrole nitrogens is 1. The number of Topliss-reactive ketones (excluding diaryl/α,β-unsaturated/α-hetero) is 1. The third-order valence-electron chi connectivity index (χ3n) is 6.72. The van der Waals surface area contributed by atoms with Crippen LogP contribution in [0.2, 0.25) is 10.0 Å². The third kappa shape index (κ3) is 4.59. The second-order valence-corrected chi connectivity index (χ2v) is 9.84. The van der Waals surface area contributed by atoms with Crippen molar-refractivity contribution in [3.05, 3.63) is 105 Å². The van der Waals surface area contributed by atoms with Crippen molar-refractivity contribution in [3.8, 4) is 5.75 Å². The van der Waals surface area contributed by atoms with Crippen LogP contribution < -0.4 is 4.74 Å². The lowest BCUT2D eigenvalue weighted by Gasteiger charge is -2.26. The second-order valence-electron chi connectivity index (χ2n) is 9.00. The number of hydrogen-bond donors (Lipinski definition) is 2. The Morgan fingerprint density at radius 1 is 1.05 bits per heavy atom. The molecular formula is C29H24Cl2N2O4. The molecule has 2 heterocycles. The van der Waals surface area contributed by atoms with Crippen molar-refractivity contribution < 1.29 is 19.4 Å². The van der Waals surface area contributed by atoms with Crippen molar-refractivity contribution in [1.82, 2.24) is 9.88 Å². The van der Waals surface area contributed by atoms with Crippen LogP contribution in [-0.4, -0.2) is 40.3 Å². The number of fused-ring (bicyclic) bond motifs is 1. The lowest BCUT2D eigenvalue weighted by Crippen LogP contribution is -2.31. The zero-order chi connectivity index (χ0) is 26.3. The van der Waals surface area contributed by atoms with Crippen LogP contribution in [0.3, 0.4) is 0 Å². The molecule has 5 rings (SSSR count). The summed E-state index contributed by atoms with van der Waals surface area (Å²) < 4.78 is 5.36. The van der Waals surface area contributed by atoms with E-state index in [4.69, 9.17) is 27.9 Å². The molecule has 0 saturated carbocycles. The minimum absolute atomic E-state index is 0.00123. The van der Waals surface area contributed by atoms with Gasteiger partial charge in [0.15, 0.2) is 0 Å². The summed E-state index contributed by atoms with van der Waals surface area (Å²) in [5.74, 6) is -0.967. The first kappa shape index (κ1) is 24.9. The summed E-state index contributed by atoms with van der Waals surface area (Å²) in [6.07, 6.45) is 2.35. The van der Waals surface area contributed by atoms with E-state index in [0.29, 0.717) is 27.6 Å². The Morgan fingerprint density at radius 2 is 1.81 bits per heavy atom. The molecule has 1 aromatic heterocycles. The van der Waals surface area contributed by atoms with Crippen LogP contribution >= 0.6 is 23.2 Å². The van der Waals surface area contributed by atoms with Gasteiger partial charge in [0, 0.05) is 39.3 Å². The molecule has 4 aromatic rings. The lowest BCUT2D eigenvalue weighted by atomic mass is 9.95. The monoisotopic (exact) mass is 534 g/mol. The van der Waals surface area contributed by atoms with Gasteiger partial charge < -0.3 is 19.7 Å². The fraction of sp³-hybridized carbons (Fsp3) is 0.172. The third-order valence-corrected chi connectivity index (χ3v) is 7.28. The standard InChI is InChI=1S/C29H24Cl2N2O4/c1-16-3-5-17(6-4-16)27(34)25-26(21-9-7-19(30)13-23(21)31)33(29(36)28(25)35)12-11-18-15-32-24-10-8-20(37-2)14-22(18)24/h3-10,13-15,26,32,34H,11-12H2,1-2H3/b27-25-. The maximum Gasteiger partial charge on any atom is 0.295 e. The van der Waals surface area contributed by atoms with E-state index in [2.05, 4.69) is 4.98 Å². The van der Waals surface area contributed by atoms with Gasteiger partial charge in [0.2, 0.25) is 0 Å². The molecule has 1 unspecified atom stereocenters. The van der Waals surface area contributed by atoms with Gasteiger partial charge in [-0.25, -0.2) is 0 Å². The number of halogens is 2. The summed E-state index contributed by atoms with van der Waals surface area (Å²) in [7, 11) is 1.61. The van der Waals surface area contributed by atoms with E-state index >= 15 is 0 Å². The van der Waals surface area contributed by atoms with Gasteiger partial charge in [-0.2, -0.15) is 0 Å². The number of aliphatic hydroxyl groups excluding tert-OH is 1. The molecular weight excluding hydrogens is 511 g/mol. The average Bonchev–Trinajstić information content (AvgIpc) is 3.40. The van der Waals surface area contributed by atoms with Gasteiger partial charge in [0.1, 0.15) is 11.5 Å². The molecule has 1 atom stereocenters. The number of nitrogens with one attached hydrogen (secondary N) is 1. The van der Waals surface area contributed by atoms with Crippen LogP contribution in [-0.2, 0) is 16.0 Å². The number of amides is 1. The number of aromatic amines is 1. The Labute approximate surface area is 224 Å². The quantitative estimate of drug-likeness (QED) is 0.169. The number of aromatic nitrogens is 1. The number of aryl methyl sites for hydroxylation is 1. The molecule has 1 saturated heterocycles. The number of methoxy groups -OCH3 is 1. The normalized spacial score (nSPS) is 17.1. The first-order valence-corrected chi connectivity index (χ1v) is 12.5. The smallest absolute Gasteiger partial charge is 0.295 e. The predicted molar refractivity (Wildman–Crippen MR) is 145 cm³/mol. The number of rotatable bonds is 6. The van der Waals surface area contributed by atoms with Gasteiger partial charge in [0.05, 0.1) is 18.7 Å². The summed E-state index contributed by atoms with van der Waals surface area (Å²) in [5, 5.41) is 12.9. The topological polar surface area (TPSA) is 82.6 Å². The molecule has 188 valence electrons. The highest BCUT2D eigenvalue weighted by molar-refractivity contribution is 6.47.